The fraction of sp³-hybridized carbons (Fsp3) is 0.273. The van der Waals surface area contributed by atoms with Crippen molar-refractivity contribution >= 4 is 0 Å². The Balaban J connectivity index is 1.50. The van der Waals surface area contributed by atoms with Crippen LogP contribution >= 0.6 is 0 Å². The molecule has 0 radical (unpaired) electrons. The number of aliphatic hydroxyl groups is 2. The Morgan fingerprint density at radius 2 is 0.974 bits per heavy atom. The number of ether oxygens (including phenoxy) is 4. The van der Waals surface area contributed by atoms with E-state index >= 15 is 0 Å². The molecule has 1 heterocycles. The molecule has 0 amide bonds. The molecule has 6 nitrogen and oxygen atoms in total. The Morgan fingerprint density at radius 3 is 1.44 bits per heavy atom. The molecular weight excluding hydrogens is 492 g/mol. The lowest BCUT2D eigenvalue weighted by Crippen LogP contribution is -2.65. The summed E-state index contributed by atoms with van der Waals surface area (Å²) in [6.45, 7) is 0.409. The Morgan fingerprint density at radius 1 is 0.564 bits per heavy atom. The van der Waals surface area contributed by atoms with Gasteiger partial charge < -0.3 is 29.2 Å². The highest BCUT2D eigenvalue weighted by Crippen LogP contribution is 2.41. The van der Waals surface area contributed by atoms with Crippen molar-refractivity contribution < 1.29 is 29.2 Å². The van der Waals surface area contributed by atoms with E-state index in [9.17, 15) is 10.2 Å². The first-order chi connectivity index (χ1) is 19.2. The van der Waals surface area contributed by atoms with Gasteiger partial charge in [0.2, 0.25) is 5.79 Å². The highest BCUT2D eigenvalue weighted by atomic mass is 16.7. The standard InChI is InChI=1S/C33H34O6/c34-21-29-30(36-22-25-13-5-1-6-14-25)31(37-23-26-15-7-2-8-16-26)32(38-24-27-17-9-3-10-18-27)33(35,39-29)28-19-11-4-12-20-28/h1-20,29-32,34-35H,21-24H2/t29-,30-,31+,32-,33-/m1/s1. The molecule has 5 rings (SSSR count). The normalized spacial score (nSPS) is 24.9. The minimum absolute atomic E-state index is 0.227. The molecule has 1 aliphatic heterocycles. The third-order valence-electron chi connectivity index (χ3n) is 6.92. The van der Waals surface area contributed by atoms with Gasteiger partial charge in [-0.05, 0) is 16.7 Å². The van der Waals surface area contributed by atoms with Crippen LogP contribution in [-0.4, -0.2) is 41.2 Å². The molecule has 1 fully saturated rings. The third-order valence-corrected chi connectivity index (χ3v) is 6.92. The van der Waals surface area contributed by atoms with E-state index in [1.807, 2.05) is 109 Å². The zero-order valence-electron chi connectivity index (χ0n) is 21.7. The predicted molar refractivity (Wildman–Crippen MR) is 147 cm³/mol. The van der Waals surface area contributed by atoms with Crippen LogP contribution < -0.4 is 0 Å². The Kier molecular flexibility index (Phi) is 9.16. The highest BCUT2D eigenvalue weighted by Gasteiger charge is 2.57. The van der Waals surface area contributed by atoms with Crippen LogP contribution in [0.25, 0.3) is 0 Å². The lowest BCUT2D eigenvalue weighted by molar-refractivity contribution is -0.377. The quantitative estimate of drug-likeness (QED) is 0.287. The minimum Gasteiger partial charge on any atom is -0.394 e. The van der Waals surface area contributed by atoms with Crippen molar-refractivity contribution in [3.8, 4) is 0 Å². The van der Waals surface area contributed by atoms with Crippen LogP contribution in [0.3, 0.4) is 0 Å². The maximum Gasteiger partial charge on any atom is 0.222 e. The minimum atomic E-state index is -1.89. The first-order valence-corrected chi connectivity index (χ1v) is 13.2. The van der Waals surface area contributed by atoms with E-state index in [1.54, 1.807) is 12.1 Å². The number of rotatable bonds is 11. The summed E-state index contributed by atoms with van der Waals surface area (Å²) < 4.78 is 25.6. The van der Waals surface area contributed by atoms with Crippen molar-refractivity contribution in [1.29, 1.82) is 0 Å². The first kappa shape index (κ1) is 27.2. The Bertz CT molecular complexity index is 1250. The van der Waals surface area contributed by atoms with Crippen molar-refractivity contribution in [3.05, 3.63) is 144 Å². The zero-order chi connectivity index (χ0) is 26.9. The summed E-state index contributed by atoms with van der Waals surface area (Å²) in [6.07, 6.45) is -3.32. The second-order valence-corrected chi connectivity index (χ2v) is 9.64. The molecule has 202 valence electrons. The highest BCUT2D eigenvalue weighted by molar-refractivity contribution is 5.24. The van der Waals surface area contributed by atoms with E-state index in [0.717, 1.165) is 16.7 Å². The van der Waals surface area contributed by atoms with Gasteiger partial charge in [-0.25, -0.2) is 0 Å². The number of hydrogen-bond acceptors (Lipinski definition) is 6. The number of hydrogen-bond donors (Lipinski definition) is 2. The van der Waals surface area contributed by atoms with E-state index < -0.39 is 30.2 Å². The zero-order valence-corrected chi connectivity index (χ0v) is 21.7. The molecule has 0 aliphatic carbocycles. The van der Waals surface area contributed by atoms with Gasteiger partial charge >= 0.3 is 0 Å². The van der Waals surface area contributed by atoms with Crippen molar-refractivity contribution in [2.24, 2.45) is 0 Å². The number of benzene rings is 4. The summed E-state index contributed by atoms with van der Waals surface area (Å²) in [7, 11) is 0. The summed E-state index contributed by atoms with van der Waals surface area (Å²) >= 11 is 0. The van der Waals surface area contributed by atoms with Crippen LogP contribution in [0.1, 0.15) is 22.3 Å². The molecule has 2 N–H and O–H groups in total. The molecule has 1 saturated heterocycles. The molecule has 4 aromatic rings. The number of aliphatic hydroxyl groups excluding tert-OH is 1. The Hall–Kier alpha value is -3.36. The third kappa shape index (κ3) is 6.62. The molecule has 39 heavy (non-hydrogen) atoms. The molecule has 5 atom stereocenters. The average molecular weight is 527 g/mol. The molecule has 6 heteroatoms. The second kappa shape index (κ2) is 13.1. The van der Waals surface area contributed by atoms with Crippen LogP contribution in [0.2, 0.25) is 0 Å². The van der Waals surface area contributed by atoms with Gasteiger partial charge in [0.25, 0.3) is 0 Å². The van der Waals surface area contributed by atoms with E-state index in [2.05, 4.69) is 0 Å². The maximum atomic E-state index is 12.2. The molecule has 0 aromatic heterocycles. The van der Waals surface area contributed by atoms with Gasteiger partial charge in [0, 0.05) is 5.56 Å². The summed E-state index contributed by atoms with van der Waals surface area (Å²) in [5.41, 5.74) is 3.40. The maximum absolute atomic E-state index is 12.2. The first-order valence-electron chi connectivity index (χ1n) is 13.2. The van der Waals surface area contributed by atoms with E-state index in [1.165, 1.54) is 0 Å². The summed E-state index contributed by atoms with van der Waals surface area (Å²) in [6, 6.07) is 38.4. The Labute approximate surface area is 229 Å². The van der Waals surface area contributed by atoms with Crippen LogP contribution in [-0.2, 0) is 44.6 Å². The van der Waals surface area contributed by atoms with Crippen LogP contribution in [0.5, 0.6) is 0 Å². The van der Waals surface area contributed by atoms with Crippen LogP contribution in [0.15, 0.2) is 121 Å². The molecule has 0 bridgehead atoms. The van der Waals surface area contributed by atoms with Gasteiger partial charge in [0.1, 0.15) is 24.4 Å². The van der Waals surface area contributed by atoms with Gasteiger partial charge in [0.05, 0.1) is 26.4 Å². The fourth-order valence-corrected chi connectivity index (χ4v) is 4.91. The predicted octanol–water partition coefficient (Wildman–Crippen LogP) is 4.98. The van der Waals surface area contributed by atoms with Crippen LogP contribution in [0, 0.1) is 0 Å². The SMILES string of the molecule is OC[C@H]1O[C@](O)(c2ccccc2)[C@H](OCc2ccccc2)[C@@H](OCc2ccccc2)[C@@H]1OCc1ccccc1. The summed E-state index contributed by atoms with van der Waals surface area (Å²) in [5.74, 6) is -1.89. The van der Waals surface area contributed by atoms with Gasteiger partial charge in [-0.1, -0.05) is 121 Å². The van der Waals surface area contributed by atoms with Gasteiger partial charge in [-0.3, -0.25) is 0 Å². The van der Waals surface area contributed by atoms with Gasteiger partial charge in [0.15, 0.2) is 0 Å². The summed E-state index contributed by atoms with van der Waals surface area (Å²) in [5, 5.41) is 22.6. The molecule has 1 aliphatic rings. The lowest BCUT2D eigenvalue weighted by Gasteiger charge is -2.50. The van der Waals surface area contributed by atoms with Crippen molar-refractivity contribution in [2.45, 2.75) is 50.0 Å². The van der Waals surface area contributed by atoms with Crippen molar-refractivity contribution in [3.63, 3.8) is 0 Å². The average Bonchev–Trinajstić information content (AvgIpc) is 3.00. The fourth-order valence-electron chi connectivity index (χ4n) is 4.91. The molecule has 4 aromatic carbocycles. The second-order valence-electron chi connectivity index (χ2n) is 9.64. The van der Waals surface area contributed by atoms with Gasteiger partial charge in [-0.15, -0.1) is 0 Å². The van der Waals surface area contributed by atoms with Crippen LogP contribution in [0.4, 0.5) is 0 Å². The smallest absolute Gasteiger partial charge is 0.222 e. The molecule has 0 saturated carbocycles. The van der Waals surface area contributed by atoms with E-state index in [4.69, 9.17) is 18.9 Å². The largest absolute Gasteiger partial charge is 0.394 e. The molecular formula is C33H34O6. The van der Waals surface area contributed by atoms with Gasteiger partial charge in [-0.2, -0.15) is 0 Å². The lowest BCUT2D eigenvalue weighted by atomic mass is 9.87. The van der Waals surface area contributed by atoms with E-state index in [0.29, 0.717) is 5.56 Å². The molecule has 0 spiro atoms. The van der Waals surface area contributed by atoms with Crippen molar-refractivity contribution in [1.82, 2.24) is 0 Å². The monoisotopic (exact) mass is 526 g/mol. The van der Waals surface area contributed by atoms with E-state index in [-0.39, 0.29) is 26.4 Å². The topological polar surface area (TPSA) is 77.4 Å². The van der Waals surface area contributed by atoms with Crippen molar-refractivity contribution in [2.75, 3.05) is 6.61 Å². The summed E-state index contributed by atoms with van der Waals surface area (Å²) in [4.78, 5) is 0. The molecule has 0 unspecified atom stereocenters.